The van der Waals surface area contributed by atoms with Crippen LogP contribution in [0.1, 0.15) is 43.7 Å². The summed E-state index contributed by atoms with van der Waals surface area (Å²) in [5, 5.41) is 3.33. The van der Waals surface area contributed by atoms with Gasteiger partial charge < -0.3 is 10.2 Å². The number of halogens is 1. The molecule has 0 spiro atoms. The summed E-state index contributed by atoms with van der Waals surface area (Å²) in [6.45, 7) is 1.09. The van der Waals surface area contributed by atoms with Crippen LogP contribution in [0.25, 0.3) is 0 Å². The van der Waals surface area contributed by atoms with Gasteiger partial charge in [0.15, 0.2) is 0 Å². The van der Waals surface area contributed by atoms with Gasteiger partial charge in [-0.1, -0.05) is 25.0 Å². The van der Waals surface area contributed by atoms with Crippen LogP contribution in [0.5, 0.6) is 0 Å². The molecule has 1 N–H and O–H groups in total. The third-order valence-electron chi connectivity index (χ3n) is 4.34. The first-order chi connectivity index (χ1) is 9.20. The third kappa shape index (κ3) is 4.02. The minimum Gasteiger partial charge on any atom is -0.313 e. The van der Waals surface area contributed by atoms with Crippen LogP contribution in [0.4, 0.5) is 4.39 Å². The lowest BCUT2D eigenvalue weighted by atomic mass is 10.0. The second-order valence-corrected chi connectivity index (χ2v) is 5.60. The molecule has 0 aromatic heterocycles. The van der Waals surface area contributed by atoms with Gasteiger partial charge in [0.2, 0.25) is 0 Å². The Hall–Kier alpha value is -0.930. The van der Waals surface area contributed by atoms with Gasteiger partial charge in [-0.15, -0.1) is 0 Å². The Kier molecular flexibility index (Phi) is 5.34. The average molecular weight is 264 g/mol. The number of hydrogen-bond donors (Lipinski definition) is 1. The van der Waals surface area contributed by atoms with E-state index in [0.717, 1.165) is 19.0 Å². The summed E-state index contributed by atoms with van der Waals surface area (Å²) in [6, 6.07) is 7.92. The van der Waals surface area contributed by atoms with Crippen LogP contribution in [-0.2, 0) is 0 Å². The van der Waals surface area contributed by atoms with Crippen LogP contribution in [0, 0.1) is 5.82 Å². The van der Waals surface area contributed by atoms with E-state index in [1.165, 1.54) is 31.2 Å². The molecular weight excluding hydrogens is 239 g/mol. The molecule has 1 fully saturated rings. The molecule has 1 atom stereocenters. The molecule has 1 aromatic carbocycles. The highest BCUT2D eigenvalue weighted by molar-refractivity contribution is 5.19. The SMILES string of the molecule is CNC(CCN(C)C1CCCC1)c1ccc(F)cc1. The Labute approximate surface area is 116 Å². The van der Waals surface area contributed by atoms with E-state index in [2.05, 4.69) is 17.3 Å². The second-order valence-electron chi connectivity index (χ2n) is 5.60. The molecule has 0 saturated heterocycles. The lowest BCUT2D eigenvalue weighted by Gasteiger charge is -2.26. The van der Waals surface area contributed by atoms with Gasteiger partial charge in [0.1, 0.15) is 5.82 Å². The second kappa shape index (κ2) is 7.01. The maximum absolute atomic E-state index is 12.9. The molecule has 1 aliphatic carbocycles. The Balaban J connectivity index is 1.86. The smallest absolute Gasteiger partial charge is 0.123 e. The van der Waals surface area contributed by atoms with E-state index in [1.807, 2.05) is 19.2 Å². The van der Waals surface area contributed by atoms with Crippen molar-refractivity contribution >= 4 is 0 Å². The molecule has 0 radical (unpaired) electrons. The summed E-state index contributed by atoms with van der Waals surface area (Å²) in [6.07, 6.45) is 6.51. The van der Waals surface area contributed by atoms with Crippen molar-refractivity contribution in [1.82, 2.24) is 10.2 Å². The van der Waals surface area contributed by atoms with Gasteiger partial charge in [-0.05, 0) is 57.6 Å². The van der Waals surface area contributed by atoms with E-state index < -0.39 is 0 Å². The van der Waals surface area contributed by atoms with E-state index in [-0.39, 0.29) is 5.82 Å². The zero-order chi connectivity index (χ0) is 13.7. The predicted molar refractivity (Wildman–Crippen MR) is 77.7 cm³/mol. The monoisotopic (exact) mass is 264 g/mol. The van der Waals surface area contributed by atoms with Gasteiger partial charge in [0.25, 0.3) is 0 Å². The number of nitrogens with one attached hydrogen (secondary N) is 1. The van der Waals surface area contributed by atoms with Crippen molar-refractivity contribution in [2.75, 3.05) is 20.6 Å². The van der Waals surface area contributed by atoms with Crippen molar-refractivity contribution in [2.45, 2.75) is 44.2 Å². The number of nitrogens with zero attached hydrogens (tertiary/aromatic N) is 1. The van der Waals surface area contributed by atoms with Crippen molar-refractivity contribution in [3.05, 3.63) is 35.6 Å². The summed E-state index contributed by atoms with van der Waals surface area (Å²) >= 11 is 0. The molecule has 1 aliphatic rings. The van der Waals surface area contributed by atoms with Gasteiger partial charge in [-0.3, -0.25) is 0 Å². The standard InChI is InChI=1S/C16H25FN2/c1-18-16(13-7-9-14(17)10-8-13)11-12-19(2)15-5-3-4-6-15/h7-10,15-16,18H,3-6,11-12H2,1-2H3. The van der Waals surface area contributed by atoms with Crippen LogP contribution in [-0.4, -0.2) is 31.6 Å². The topological polar surface area (TPSA) is 15.3 Å². The number of rotatable bonds is 6. The lowest BCUT2D eigenvalue weighted by molar-refractivity contribution is 0.233. The Morgan fingerprint density at radius 2 is 1.89 bits per heavy atom. The van der Waals surface area contributed by atoms with Gasteiger partial charge in [-0.2, -0.15) is 0 Å². The largest absolute Gasteiger partial charge is 0.313 e. The van der Waals surface area contributed by atoms with E-state index >= 15 is 0 Å². The molecule has 1 unspecified atom stereocenters. The summed E-state index contributed by atoms with van der Waals surface area (Å²) in [5.41, 5.74) is 1.17. The van der Waals surface area contributed by atoms with Gasteiger partial charge in [-0.25, -0.2) is 4.39 Å². The van der Waals surface area contributed by atoms with Crippen molar-refractivity contribution in [3.8, 4) is 0 Å². The fraction of sp³-hybridized carbons (Fsp3) is 0.625. The fourth-order valence-electron chi connectivity index (χ4n) is 3.03. The van der Waals surface area contributed by atoms with E-state index in [0.29, 0.717) is 6.04 Å². The first-order valence-corrected chi connectivity index (χ1v) is 7.33. The van der Waals surface area contributed by atoms with Crippen LogP contribution >= 0.6 is 0 Å². The minimum absolute atomic E-state index is 0.165. The summed E-state index contributed by atoms with van der Waals surface area (Å²) in [7, 11) is 4.21. The Morgan fingerprint density at radius 1 is 1.26 bits per heavy atom. The van der Waals surface area contributed by atoms with Gasteiger partial charge >= 0.3 is 0 Å². The van der Waals surface area contributed by atoms with Gasteiger partial charge in [0, 0.05) is 12.1 Å². The molecule has 1 aromatic rings. The molecular formula is C16H25FN2. The molecule has 0 aliphatic heterocycles. The Bertz CT molecular complexity index is 371. The molecule has 106 valence electrons. The zero-order valence-electron chi connectivity index (χ0n) is 12.0. The first-order valence-electron chi connectivity index (χ1n) is 7.33. The van der Waals surface area contributed by atoms with Crippen LogP contribution in [0.2, 0.25) is 0 Å². The summed E-state index contributed by atoms with van der Waals surface area (Å²) in [5.74, 6) is -0.165. The molecule has 0 amide bonds. The van der Waals surface area contributed by atoms with E-state index in [4.69, 9.17) is 0 Å². The highest BCUT2D eigenvalue weighted by Crippen LogP contribution is 2.24. The highest BCUT2D eigenvalue weighted by atomic mass is 19.1. The van der Waals surface area contributed by atoms with Crippen LogP contribution in [0.3, 0.4) is 0 Å². The normalized spacial score (nSPS) is 18.1. The lowest BCUT2D eigenvalue weighted by Crippen LogP contribution is -2.32. The molecule has 1 saturated carbocycles. The highest BCUT2D eigenvalue weighted by Gasteiger charge is 2.20. The first kappa shape index (κ1) is 14.5. The van der Waals surface area contributed by atoms with E-state index in [9.17, 15) is 4.39 Å². The van der Waals surface area contributed by atoms with Crippen LogP contribution < -0.4 is 5.32 Å². The molecule has 0 bridgehead atoms. The summed E-state index contributed by atoms with van der Waals surface area (Å²) in [4.78, 5) is 2.49. The maximum atomic E-state index is 12.9. The van der Waals surface area contributed by atoms with Crippen LogP contribution in [0.15, 0.2) is 24.3 Å². The van der Waals surface area contributed by atoms with Crippen molar-refractivity contribution in [2.24, 2.45) is 0 Å². The van der Waals surface area contributed by atoms with Crippen molar-refractivity contribution in [3.63, 3.8) is 0 Å². The molecule has 0 heterocycles. The maximum Gasteiger partial charge on any atom is 0.123 e. The molecule has 19 heavy (non-hydrogen) atoms. The molecule has 3 heteroatoms. The molecule has 2 nitrogen and oxygen atoms in total. The molecule has 2 rings (SSSR count). The fourth-order valence-corrected chi connectivity index (χ4v) is 3.03. The van der Waals surface area contributed by atoms with Crippen molar-refractivity contribution in [1.29, 1.82) is 0 Å². The van der Waals surface area contributed by atoms with E-state index in [1.54, 1.807) is 12.1 Å². The third-order valence-corrected chi connectivity index (χ3v) is 4.34. The predicted octanol–water partition coefficient (Wildman–Crippen LogP) is 3.35. The quantitative estimate of drug-likeness (QED) is 0.847. The number of benzene rings is 1. The minimum atomic E-state index is -0.165. The average Bonchev–Trinajstić information content (AvgIpc) is 2.95. The zero-order valence-corrected chi connectivity index (χ0v) is 12.0. The van der Waals surface area contributed by atoms with Crippen molar-refractivity contribution < 1.29 is 4.39 Å². The Morgan fingerprint density at radius 3 is 2.47 bits per heavy atom. The number of hydrogen-bond acceptors (Lipinski definition) is 2. The van der Waals surface area contributed by atoms with Gasteiger partial charge in [0.05, 0.1) is 0 Å². The summed E-state index contributed by atoms with van der Waals surface area (Å²) < 4.78 is 12.9.